The lowest BCUT2D eigenvalue weighted by Gasteiger charge is -2.25. The Hall–Kier alpha value is -0.860. The second-order valence-electron chi connectivity index (χ2n) is 3.62. The second-order valence-corrected chi connectivity index (χ2v) is 3.62. The van der Waals surface area contributed by atoms with Crippen LogP contribution in [0.3, 0.4) is 0 Å². The Bertz CT molecular complexity index is 277. The second kappa shape index (κ2) is 3.90. The Morgan fingerprint density at radius 2 is 2.23 bits per heavy atom. The third-order valence-electron chi connectivity index (χ3n) is 2.49. The van der Waals surface area contributed by atoms with Crippen LogP contribution in [-0.4, -0.2) is 19.6 Å². The molecule has 1 heterocycles. The van der Waals surface area contributed by atoms with Gasteiger partial charge < -0.3 is 10.6 Å². The van der Waals surface area contributed by atoms with Crippen molar-refractivity contribution in [2.24, 2.45) is 0 Å². The van der Waals surface area contributed by atoms with E-state index in [9.17, 15) is 0 Å². The maximum Gasteiger partial charge on any atom is 0.0447 e. The first-order chi connectivity index (χ1) is 6.36. The van der Waals surface area contributed by atoms with Crippen LogP contribution in [0.1, 0.15) is 17.2 Å². The topological polar surface area (TPSA) is 24.1 Å². The van der Waals surface area contributed by atoms with Crippen molar-refractivity contribution in [3.63, 3.8) is 0 Å². The average Bonchev–Trinajstić information content (AvgIpc) is 2.19. The molecule has 1 atom stereocenters. The number of rotatable bonds is 1. The van der Waals surface area contributed by atoms with Gasteiger partial charge in [-0.15, -0.1) is 0 Å². The van der Waals surface area contributed by atoms with E-state index in [0.717, 1.165) is 19.6 Å². The summed E-state index contributed by atoms with van der Waals surface area (Å²) in [6.45, 7) is 5.34. The van der Waals surface area contributed by atoms with E-state index < -0.39 is 0 Å². The molecule has 0 bridgehead atoms. The molecular formula is C11H16N2. The number of aryl methyl sites for hydroxylation is 1. The molecule has 1 fully saturated rings. The molecule has 0 saturated carbocycles. The Balaban J connectivity index is 2.14. The van der Waals surface area contributed by atoms with Gasteiger partial charge in [0.1, 0.15) is 0 Å². The van der Waals surface area contributed by atoms with Crippen LogP contribution in [0.25, 0.3) is 0 Å². The SMILES string of the molecule is Cc1cccc(C2CNCCN2)c1. The molecule has 0 aliphatic carbocycles. The third-order valence-corrected chi connectivity index (χ3v) is 2.49. The first-order valence-corrected chi connectivity index (χ1v) is 4.87. The van der Waals surface area contributed by atoms with Gasteiger partial charge in [-0.1, -0.05) is 29.8 Å². The molecule has 1 unspecified atom stereocenters. The van der Waals surface area contributed by atoms with Crippen molar-refractivity contribution >= 4 is 0 Å². The molecule has 1 aromatic rings. The summed E-state index contributed by atoms with van der Waals surface area (Å²) in [5.41, 5.74) is 2.73. The molecular weight excluding hydrogens is 160 g/mol. The van der Waals surface area contributed by atoms with Crippen LogP contribution in [0.15, 0.2) is 24.3 Å². The minimum atomic E-state index is 0.494. The van der Waals surface area contributed by atoms with Crippen LogP contribution >= 0.6 is 0 Å². The molecule has 70 valence electrons. The van der Waals surface area contributed by atoms with Gasteiger partial charge in [0.05, 0.1) is 0 Å². The highest BCUT2D eigenvalue weighted by Gasteiger charge is 2.13. The predicted molar refractivity (Wildman–Crippen MR) is 54.8 cm³/mol. The Morgan fingerprint density at radius 1 is 1.31 bits per heavy atom. The molecule has 0 aromatic heterocycles. The minimum Gasteiger partial charge on any atom is -0.314 e. The van der Waals surface area contributed by atoms with Crippen molar-refractivity contribution in [2.45, 2.75) is 13.0 Å². The van der Waals surface area contributed by atoms with Gasteiger partial charge in [0.15, 0.2) is 0 Å². The van der Waals surface area contributed by atoms with Gasteiger partial charge in [0.2, 0.25) is 0 Å². The number of benzene rings is 1. The van der Waals surface area contributed by atoms with E-state index in [0.29, 0.717) is 6.04 Å². The smallest absolute Gasteiger partial charge is 0.0447 e. The fourth-order valence-corrected chi connectivity index (χ4v) is 1.78. The lowest BCUT2D eigenvalue weighted by molar-refractivity contribution is 0.430. The summed E-state index contributed by atoms with van der Waals surface area (Å²) >= 11 is 0. The van der Waals surface area contributed by atoms with E-state index in [1.807, 2.05) is 0 Å². The van der Waals surface area contributed by atoms with Crippen molar-refractivity contribution in [1.82, 2.24) is 10.6 Å². The Kier molecular flexibility index (Phi) is 2.62. The van der Waals surface area contributed by atoms with Gasteiger partial charge in [-0.2, -0.15) is 0 Å². The van der Waals surface area contributed by atoms with E-state index in [1.165, 1.54) is 11.1 Å². The van der Waals surface area contributed by atoms with E-state index in [4.69, 9.17) is 0 Å². The van der Waals surface area contributed by atoms with Crippen LogP contribution in [0.4, 0.5) is 0 Å². The molecule has 2 nitrogen and oxygen atoms in total. The highest BCUT2D eigenvalue weighted by Crippen LogP contribution is 2.14. The zero-order valence-electron chi connectivity index (χ0n) is 8.01. The molecule has 1 aliphatic heterocycles. The zero-order chi connectivity index (χ0) is 9.10. The molecule has 1 aromatic carbocycles. The summed E-state index contributed by atoms with van der Waals surface area (Å²) < 4.78 is 0. The highest BCUT2D eigenvalue weighted by molar-refractivity contribution is 5.25. The maximum absolute atomic E-state index is 3.50. The maximum atomic E-state index is 3.50. The molecule has 2 rings (SSSR count). The first-order valence-electron chi connectivity index (χ1n) is 4.87. The lowest BCUT2D eigenvalue weighted by Crippen LogP contribution is -2.42. The van der Waals surface area contributed by atoms with Crippen molar-refractivity contribution in [2.75, 3.05) is 19.6 Å². The normalized spacial score (nSPS) is 23.0. The summed E-state index contributed by atoms with van der Waals surface area (Å²) in [5, 5.41) is 6.89. The van der Waals surface area contributed by atoms with E-state index >= 15 is 0 Å². The van der Waals surface area contributed by atoms with Gasteiger partial charge in [-0.25, -0.2) is 0 Å². The van der Waals surface area contributed by atoms with Crippen LogP contribution in [0.2, 0.25) is 0 Å². The summed E-state index contributed by atoms with van der Waals surface area (Å²) in [6, 6.07) is 9.21. The van der Waals surface area contributed by atoms with Crippen LogP contribution in [-0.2, 0) is 0 Å². The van der Waals surface area contributed by atoms with Gasteiger partial charge in [-0.3, -0.25) is 0 Å². The van der Waals surface area contributed by atoms with Crippen LogP contribution < -0.4 is 10.6 Å². The van der Waals surface area contributed by atoms with E-state index in [2.05, 4.69) is 41.8 Å². The highest BCUT2D eigenvalue weighted by atomic mass is 15.1. The largest absolute Gasteiger partial charge is 0.314 e. The molecule has 0 spiro atoms. The van der Waals surface area contributed by atoms with Crippen molar-refractivity contribution in [1.29, 1.82) is 0 Å². The monoisotopic (exact) mass is 176 g/mol. The van der Waals surface area contributed by atoms with E-state index in [-0.39, 0.29) is 0 Å². The molecule has 1 aliphatic rings. The summed E-state index contributed by atoms with van der Waals surface area (Å²) in [4.78, 5) is 0. The molecule has 2 heteroatoms. The standard InChI is InChI=1S/C11H16N2/c1-9-3-2-4-10(7-9)11-8-12-5-6-13-11/h2-4,7,11-13H,5-6,8H2,1H3. The van der Waals surface area contributed by atoms with Gasteiger partial charge in [0.25, 0.3) is 0 Å². The van der Waals surface area contributed by atoms with Gasteiger partial charge >= 0.3 is 0 Å². The molecule has 2 N–H and O–H groups in total. The molecule has 0 radical (unpaired) electrons. The molecule has 0 amide bonds. The predicted octanol–water partition coefficient (Wildman–Crippen LogP) is 1.23. The fourth-order valence-electron chi connectivity index (χ4n) is 1.78. The fraction of sp³-hybridized carbons (Fsp3) is 0.455. The van der Waals surface area contributed by atoms with Gasteiger partial charge in [0, 0.05) is 25.7 Å². The number of piperazine rings is 1. The molecule has 13 heavy (non-hydrogen) atoms. The quantitative estimate of drug-likeness (QED) is 0.672. The number of hydrogen-bond donors (Lipinski definition) is 2. The average molecular weight is 176 g/mol. The number of nitrogens with one attached hydrogen (secondary N) is 2. The van der Waals surface area contributed by atoms with Crippen molar-refractivity contribution in [3.05, 3.63) is 35.4 Å². The minimum absolute atomic E-state index is 0.494. The van der Waals surface area contributed by atoms with Crippen LogP contribution in [0, 0.1) is 6.92 Å². The Labute approximate surface area is 79.4 Å². The lowest BCUT2D eigenvalue weighted by atomic mass is 10.0. The summed E-state index contributed by atoms with van der Waals surface area (Å²) in [7, 11) is 0. The summed E-state index contributed by atoms with van der Waals surface area (Å²) in [6.07, 6.45) is 0. The summed E-state index contributed by atoms with van der Waals surface area (Å²) in [5.74, 6) is 0. The third kappa shape index (κ3) is 2.08. The zero-order valence-corrected chi connectivity index (χ0v) is 8.01. The Morgan fingerprint density at radius 3 is 2.92 bits per heavy atom. The van der Waals surface area contributed by atoms with Gasteiger partial charge in [-0.05, 0) is 12.5 Å². The van der Waals surface area contributed by atoms with Crippen molar-refractivity contribution in [3.8, 4) is 0 Å². The van der Waals surface area contributed by atoms with Crippen molar-refractivity contribution < 1.29 is 0 Å². The molecule has 1 saturated heterocycles. The van der Waals surface area contributed by atoms with Crippen LogP contribution in [0.5, 0.6) is 0 Å². The first kappa shape index (κ1) is 8.73. The van der Waals surface area contributed by atoms with E-state index in [1.54, 1.807) is 0 Å². The number of hydrogen-bond acceptors (Lipinski definition) is 2.